The molecule has 4 nitrogen and oxygen atoms in total. The van der Waals surface area contributed by atoms with E-state index in [2.05, 4.69) is 29.4 Å². The van der Waals surface area contributed by atoms with E-state index < -0.39 is 0 Å². The number of ether oxygens (including phenoxy) is 1. The van der Waals surface area contributed by atoms with Gasteiger partial charge in [0.1, 0.15) is 5.75 Å². The third kappa shape index (κ3) is 3.47. The molecule has 1 atom stereocenters. The first-order chi connectivity index (χ1) is 11.2. The molecule has 1 aliphatic heterocycles. The molecule has 1 N–H and O–H groups in total. The van der Waals surface area contributed by atoms with Crippen LogP contribution in [0.1, 0.15) is 23.6 Å². The molecule has 1 amide bonds. The SMILES string of the molecule is COc1ccc(CC(=O)NC2CCN(C)c3ccccc32)cc1. The van der Waals surface area contributed by atoms with Gasteiger partial charge in [0.2, 0.25) is 5.91 Å². The van der Waals surface area contributed by atoms with Crippen LogP contribution in [0.3, 0.4) is 0 Å². The molecule has 0 aliphatic carbocycles. The lowest BCUT2D eigenvalue weighted by molar-refractivity contribution is -0.121. The largest absolute Gasteiger partial charge is 0.497 e. The number of methoxy groups -OCH3 is 1. The number of anilines is 1. The Morgan fingerprint density at radius 3 is 2.70 bits per heavy atom. The summed E-state index contributed by atoms with van der Waals surface area (Å²) in [5.41, 5.74) is 3.39. The number of hydrogen-bond donors (Lipinski definition) is 1. The number of hydrogen-bond acceptors (Lipinski definition) is 3. The zero-order valence-corrected chi connectivity index (χ0v) is 13.6. The van der Waals surface area contributed by atoms with Crippen molar-refractivity contribution in [1.82, 2.24) is 5.32 Å². The van der Waals surface area contributed by atoms with Crippen molar-refractivity contribution in [2.24, 2.45) is 0 Å². The fourth-order valence-corrected chi connectivity index (χ4v) is 3.05. The lowest BCUT2D eigenvalue weighted by Crippen LogP contribution is -2.37. The van der Waals surface area contributed by atoms with Crippen molar-refractivity contribution < 1.29 is 9.53 Å². The summed E-state index contributed by atoms with van der Waals surface area (Å²) in [6, 6.07) is 16.0. The van der Waals surface area contributed by atoms with E-state index in [1.54, 1.807) is 7.11 Å². The number of nitrogens with one attached hydrogen (secondary N) is 1. The number of nitrogens with zero attached hydrogens (tertiary/aromatic N) is 1. The third-order valence-corrected chi connectivity index (χ3v) is 4.34. The zero-order chi connectivity index (χ0) is 16.2. The topological polar surface area (TPSA) is 41.6 Å². The molecule has 0 saturated heterocycles. The first kappa shape index (κ1) is 15.4. The van der Waals surface area contributed by atoms with Crippen LogP contribution in [0.4, 0.5) is 5.69 Å². The quantitative estimate of drug-likeness (QED) is 0.944. The van der Waals surface area contributed by atoms with Crippen LogP contribution in [0, 0.1) is 0 Å². The number of benzene rings is 2. The summed E-state index contributed by atoms with van der Waals surface area (Å²) in [5, 5.41) is 3.18. The third-order valence-electron chi connectivity index (χ3n) is 4.34. The molecule has 0 bridgehead atoms. The van der Waals surface area contributed by atoms with E-state index in [1.165, 1.54) is 11.3 Å². The van der Waals surface area contributed by atoms with Crippen molar-refractivity contribution in [1.29, 1.82) is 0 Å². The standard InChI is InChI=1S/C19H22N2O2/c1-21-12-11-17(16-5-3-4-6-18(16)21)20-19(22)13-14-7-9-15(23-2)10-8-14/h3-10,17H,11-13H2,1-2H3,(H,20,22). The van der Waals surface area contributed by atoms with Gasteiger partial charge in [0.05, 0.1) is 19.6 Å². The van der Waals surface area contributed by atoms with E-state index in [0.717, 1.165) is 24.3 Å². The first-order valence-electron chi connectivity index (χ1n) is 7.89. The number of para-hydroxylation sites is 1. The minimum Gasteiger partial charge on any atom is -0.497 e. The van der Waals surface area contributed by atoms with Gasteiger partial charge in [0.25, 0.3) is 0 Å². The highest BCUT2D eigenvalue weighted by Crippen LogP contribution is 2.32. The van der Waals surface area contributed by atoms with Crippen LogP contribution in [0.25, 0.3) is 0 Å². The smallest absolute Gasteiger partial charge is 0.224 e. The fourth-order valence-electron chi connectivity index (χ4n) is 3.05. The molecule has 2 aromatic rings. The average Bonchev–Trinajstić information content (AvgIpc) is 2.58. The molecule has 1 heterocycles. The molecule has 2 aromatic carbocycles. The van der Waals surface area contributed by atoms with Gasteiger partial charge in [0.15, 0.2) is 0 Å². The summed E-state index contributed by atoms with van der Waals surface area (Å²) in [6.45, 7) is 0.949. The van der Waals surface area contributed by atoms with Gasteiger partial charge in [-0.3, -0.25) is 4.79 Å². The maximum Gasteiger partial charge on any atom is 0.224 e. The molecule has 0 spiro atoms. The van der Waals surface area contributed by atoms with Crippen LogP contribution in [-0.4, -0.2) is 26.6 Å². The van der Waals surface area contributed by atoms with Crippen LogP contribution in [-0.2, 0) is 11.2 Å². The van der Waals surface area contributed by atoms with E-state index in [1.807, 2.05) is 36.4 Å². The molecule has 3 rings (SSSR count). The van der Waals surface area contributed by atoms with E-state index in [4.69, 9.17) is 4.74 Å². The van der Waals surface area contributed by atoms with Crippen LogP contribution < -0.4 is 15.0 Å². The molecule has 1 unspecified atom stereocenters. The van der Waals surface area contributed by atoms with Gasteiger partial charge in [0, 0.05) is 19.3 Å². The molecule has 23 heavy (non-hydrogen) atoms. The van der Waals surface area contributed by atoms with Gasteiger partial charge in [-0.2, -0.15) is 0 Å². The Morgan fingerprint density at radius 2 is 1.96 bits per heavy atom. The Kier molecular flexibility index (Phi) is 4.51. The van der Waals surface area contributed by atoms with E-state index >= 15 is 0 Å². The van der Waals surface area contributed by atoms with Crippen molar-refractivity contribution in [2.75, 3.05) is 25.6 Å². The van der Waals surface area contributed by atoms with Gasteiger partial charge in [-0.1, -0.05) is 30.3 Å². The number of rotatable bonds is 4. The highest BCUT2D eigenvalue weighted by Gasteiger charge is 2.24. The zero-order valence-electron chi connectivity index (χ0n) is 13.6. The van der Waals surface area contributed by atoms with Crippen LogP contribution in [0.2, 0.25) is 0 Å². The predicted molar refractivity (Wildman–Crippen MR) is 91.9 cm³/mol. The van der Waals surface area contributed by atoms with Crippen LogP contribution >= 0.6 is 0 Å². The molecule has 0 saturated carbocycles. The van der Waals surface area contributed by atoms with Crippen molar-refractivity contribution in [3.05, 3.63) is 59.7 Å². The molecule has 0 fully saturated rings. The highest BCUT2D eigenvalue weighted by atomic mass is 16.5. The lowest BCUT2D eigenvalue weighted by atomic mass is 9.96. The van der Waals surface area contributed by atoms with Crippen molar-refractivity contribution >= 4 is 11.6 Å². The highest BCUT2D eigenvalue weighted by molar-refractivity contribution is 5.79. The van der Waals surface area contributed by atoms with Gasteiger partial charge in [-0.25, -0.2) is 0 Å². The van der Waals surface area contributed by atoms with E-state index in [0.29, 0.717) is 6.42 Å². The predicted octanol–water partition coefficient (Wildman–Crippen LogP) is 2.94. The van der Waals surface area contributed by atoms with Crippen LogP contribution in [0.5, 0.6) is 5.75 Å². The molecule has 0 radical (unpaired) electrons. The minimum atomic E-state index is 0.0551. The number of carbonyl (C=O) groups excluding carboxylic acids is 1. The second-order valence-corrected chi connectivity index (χ2v) is 5.91. The second kappa shape index (κ2) is 6.73. The monoisotopic (exact) mass is 310 g/mol. The summed E-state index contributed by atoms with van der Waals surface area (Å²) >= 11 is 0. The van der Waals surface area contributed by atoms with E-state index in [9.17, 15) is 4.79 Å². The Morgan fingerprint density at radius 1 is 1.22 bits per heavy atom. The maximum atomic E-state index is 12.4. The van der Waals surface area contributed by atoms with E-state index in [-0.39, 0.29) is 11.9 Å². The molecule has 120 valence electrons. The normalized spacial score (nSPS) is 16.6. The summed E-state index contributed by atoms with van der Waals surface area (Å²) in [6.07, 6.45) is 1.32. The Hall–Kier alpha value is -2.49. The molecular formula is C19H22N2O2. The Bertz CT molecular complexity index is 682. The van der Waals surface area contributed by atoms with Crippen molar-refractivity contribution in [2.45, 2.75) is 18.9 Å². The Labute approximate surface area is 137 Å². The van der Waals surface area contributed by atoms with Gasteiger partial charge in [-0.15, -0.1) is 0 Å². The summed E-state index contributed by atoms with van der Waals surface area (Å²) in [4.78, 5) is 14.6. The van der Waals surface area contributed by atoms with Gasteiger partial charge in [-0.05, 0) is 35.7 Å². The molecule has 0 aromatic heterocycles. The summed E-state index contributed by atoms with van der Waals surface area (Å²) < 4.78 is 5.14. The van der Waals surface area contributed by atoms with Gasteiger partial charge >= 0.3 is 0 Å². The number of amides is 1. The average molecular weight is 310 g/mol. The van der Waals surface area contributed by atoms with Crippen molar-refractivity contribution in [3.8, 4) is 5.75 Å². The summed E-state index contributed by atoms with van der Waals surface area (Å²) in [5.74, 6) is 0.859. The molecule has 4 heteroatoms. The molecule has 1 aliphatic rings. The van der Waals surface area contributed by atoms with Crippen molar-refractivity contribution in [3.63, 3.8) is 0 Å². The molecular weight excluding hydrogens is 288 g/mol. The maximum absolute atomic E-state index is 12.4. The second-order valence-electron chi connectivity index (χ2n) is 5.91. The minimum absolute atomic E-state index is 0.0551. The Balaban J connectivity index is 1.67. The van der Waals surface area contributed by atoms with Crippen LogP contribution in [0.15, 0.2) is 48.5 Å². The number of fused-ring (bicyclic) bond motifs is 1. The number of carbonyl (C=O) groups is 1. The lowest BCUT2D eigenvalue weighted by Gasteiger charge is -2.33. The first-order valence-corrected chi connectivity index (χ1v) is 7.89. The fraction of sp³-hybridized carbons (Fsp3) is 0.316. The van der Waals surface area contributed by atoms with Gasteiger partial charge < -0.3 is 15.0 Å². The summed E-state index contributed by atoms with van der Waals surface area (Å²) in [7, 11) is 3.73.